The van der Waals surface area contributed by atoms with Crippen molar-refractivity contribution in [3.8, 4) is 0 Å². The fourth-order valence-electron chi connectivity index (χ4n) is 2.59. The molecular weight excluding hydrogens is 232 g/mol. The molecular formula is C11H18N6O. The summed E-state index contributed by atoms with van der Waals surface area (Å²) >= 11 is 0. The molecule has 0 saturated carbocycles. The molecule has 1 saturated heterocycles. The van der Waals surface area contributed by atoms with E-state index in [4.69, 9.17) is 16.2 Å². The maximum atomic E-state index is 6.28. The average molecular weight is 250 g/mol. The Balaban J connectivity index is 2.00. The summed E-state index contributed by atoms with van der Waals surface area (Å²) in [6, 6.07) is 0. The molecule has 0 aliphatic carbocycles. The van der Waals surface area contributed by atoms with Gasteiger partial charge in [-0.2, -0.15) is 0 Å². The molecule has 3 heterocycles. The van der Waals surface area contributed by atoms with E-state index >= 15 is 0 Å². The molecule has 18 heavy (non-hydrogen) atoms. The zero-order valence-electron chi connectivity index (χ0n) is 10.4. The van der Waals surface area contributed by atoms with Crippen LogP contribution in [0.2, 0.25) is 0 Å². The van der Waals surface area contributed by atoms with E-state index in [9.17, 15) is 0 Å². The highest BCUT2D eigenvalue weighted by atomic mass is 16.5. The lowest BCUT2D eigenvalue weighted by molar-refractivity contribution is 0.00509. The highest BCUT2D eigenvalue weighted by Crippen LogP contribution is 2.41. The second-order valence-electron chi connectivity index (χ2n) is 4.92. The third-order valence-corrected chi connectivity index (χ3v) is 3.41. The molecule has 2 unspecified atom stereocenters. The van der Waals surface area contributed by atoms with Crippen LogP contribution in [0.15, 0.2) is 6.33 Å². The van der Waals surface area contributed by atoms with E-state index < -0.39 is 5.79 Å². The first kappa shape index (κ1) is 11.5. The Labute approximate surface area is 106 Å². The Bertz CT molecular complexity index is 457. The number of nitrogens with zero attached hydrogens (tertiary/aromatic N) is 3. The normalized spacial score (nSPS) is 31.0. The fraction of sp³-hybridized carbons (Fsp3) is 0.636. The molecule has 7 heteroatoms. The number of nitrogens with one attached hydrogen (secondary N) is 1. The molecule has 0 aromatic carbocycles. The highest BCUT2D eigenvalue weighted by molar-refractivity contribution is 5.82. The lowest BCUT2D eigenvalue weighted by Gasteiger charge is -2.40. The quantitative estimate of drug-likeness (QED) is 0.665. The summed E-state index contributed by atoms with van der Waals surface area (Å²) in [4.78, 5) is 10.2. The van der Waals surface area contributed by atoms with Crippen LogP contribution in [0.3, 0.4) is 0 Å². The first-order chi connectivity index (χ1) is 8.59. The predicted octanol–water partition coefficient (Wildman–Crippen LogP) is 0.450. The topological polar surface area (TPSA) is 102 Å². The van der Waals surface area contributed by atoms with Crippen molar-refractivity contribution in [2.24, 2.45) is 5.73 Å². The SMILES string of the molecule is CC1(N)Nc2c(N)ncnc2N1C1CCCCO1. The number of fused-ring (bicyclic) bond motifs is 1. The van der Waals surface area contributed by atoms with Crippen molar-refractivity contribution < 1.29 is 4.74 Å². The van der Waals surface area contributed by atoms with Gasteiger partial charge in [-0.15, -0.1) is 0 Å². The smallest absolute Gasteiger partial charge is 0.164 e. The van der Waals surface area contributed by atoms with Gasteiger partial charge in [0.25, 0.3) is 0 Å². The van der Waals surface area contributed by atoms with Crippen LogP contribution in [0.25, 0.3) is 0 Å². The van der Waals surface area contributed by atoms with E-state index in [0.29, 0.717) is 11.5 Å². The van der Waals surface area contributed by atoms with Gasteiger partial charge in [-0.3, -0.25) is 10.6 Å². The first-order valence-electron chi connectivity index (χ1n) is 6.18. The van der Waals surface area contributed by atoms with E-state index in [1.54, 1.807) is 0 Å². The number of anilines is 3. The van der Waals surface area contributed by atoms with Crippen molar-refractivity contribution in [1.29, 1.82) is 0 Å². The number of rotatable bonds is 1. The van der Waals surface area contributed by atoms with Crippen LogP contribution in [0, 0.1) is 0 Å². The van der Waals surface area contributed by atoms with Gasteiger partial charge in [-0.1, -0.05) is 0 Å². The summed E-state index contributed by atoms with van der Waals surface area (Å²) in [5.41, 5.74) is 12.8. The highest BCUT2D eigenvalue weighted by Gasteiger charge is 2.43. The molecule has 1 aromatic heterocycles. The van der Waals surface area contributed by atoms with E-state index in [-0.39, 0.29) is 6.23 Å². The molecule has 0 amide bonds. The summed E-state index contributed by atoms with van der Waals surface area (Å²) < 4.78 is 5.80. The van der Waals surface area contributed by atoms with Crippen LogP contribution in [0.4, 0.5) is 17.3 Å². The molecule has 2 atom stereocenters. The van der Waals surface area contributed by atoms with Crippen molar-refractivity contribution in [2.45, 2.75) is 38.2 Å². The first-order valence-corrected chi connectivity index (χ1v) is 6.18. The van der Waals surface area contributed by atoms with E-state index in [2.05, 4.69) is 15.3 Å². The van der Waals surface area contributed by atoms with Crippen molar-refractivity contribution in [3.05, 3.63) is 6.33 Å². The number of hydrogen-bond acceptors (Lipinski definition) is 7. The van der Waals surface area contributed by atoms with Crippen molar-refractivity contribution in [1.82, 2.24) is 9.97 Å². The number of nitrogens with two attached hydrogens (primary N) is 2. The van der Waals surface area contributed by atoms with Crippen LogP contribution < -0.4 is 21.7 Å². The average Bonchev–Trinajstić information content (AvgIpc) is 2.62. The Morgan fingerprint density at radius 1 is 1.50 bits per heavy atom. The van der Waals surface area contributed by atoms with Crippen molar-refractivity contribution >= 4 is 17.3 Å². The van der Waals surface area contributed by atoms with Crippen LogP contribution in [0.1, 0.15) is 26.2 Å². The monoisotopic (exact) mass is 250 g/mol. The maximum Gasteiger partial charge on any atom is 0.164 e. The van der Waals surface area contributed by atoms with Gasteiger partial charge in [0.1, 0.15) is 18.2 Å². The lowest BCUT2D eigenvalue weighted by Crippen LogP contribution is -2.60. The van der Waals surface area contributed by atoms with Gasteiger partial charge in [0.05, 0.1) is 0 Å². The second-order valence-corrected chi connectivity index (χ2v) is 4.92. The van der Waals surface area contributed by atoms with Gasteiger partial charge < -0.3 is 15.8 Å². The Morgan fingerprint density at radius 2 is 2.33 bits per heavy atom. The largest absolute Gasteiger partial charge is 0.382 e. The summed E-state index contributed by atoms with van der Waals surface area (Å²) in [6.45, 7) is 2.64. The van der Waals surface area contributed by atoms with Crippen LogP contribution in [-0.2, 0) is 4.74 Å². The number of aromatic nitrogens is 2. The van der Waals surface area contributed by atoms with Crippen LogP contribution in [0.5, 0.6) is 0 Å². The fourth-order valence-corrected chi connectivity index (χ4v) is 2.59. The molecule has 98 valence electrons. The molecule has 7 nitrogen and oxygen atoms in total. The van der Waals surface area contributed by atoms with Crippen molar-refractivity contribution in [2.75, 3.05) is 22.6 Å². The van der Waals surface area contributed by atoms with E-state index in [1.807, 2.05) is 11.8 Å². The van der Waals surface area contributed by atoms with Gasteiger partial charge in [0.15, 0.2) is 17.4 Å². The minimum Gasteiger partial charge on any atom is -0.382 e. The van der Waals surface area contributed by atoms with Crippen molar-refractivity contribution in [3.63, 3.8) is 0 Å². The Morgan fingerprint density at radius 3 is 3.06 bits per heavy atom. The molecule has 3 rings (SSSR count). The molecule has 2 aliphatic heterocycles. The predicted molar refractivity (Wildman–Crippen MR) is 68.7 cm³/mol. The second kappa shape index (κ2) is 3.96. The summed E-state index contributed by atoms with van der Waals surface area (Å²) in [7, 11) is 0. The summed E-state index contributed by atoms with van der Waals surface area (Å²) in [5, 5.41) is 3.16. The number of nitrogen functional groups attached to an aromatic ring is 1. The molecule has 5 N–H and O–H groups in total. The molecule has 1 aromatic rings. The zero-order chi connectivity index (χ0) is 12.8. The third-order valence-electron chi connectivity index (χ3n) is 3.41. The Kier molecular flexibility index (Phi) is 2.53. The maximum absolute atomic E-state index is 6.28. The van der Waals surface area contributed by atoms with Gasteiger partial charge >= 0.3 is 0 Å². The molecule has 1 fully saturated rings. The molecule has 0 bridgehead atoms. The number of ether oxygens (including phenoxy) is 1. The minimum absolute atomic E-state index is 0.0585. The van der Waals surface area contributed by atoms with E-state index in [1.165, 1.54) is 6.33 Å². The van der Waals surface area contributed by atoms with Crippen LogP contribution in [-0.4, -0.2) is 28.6 Å². The Hall–Kier alpha value is -1.60. The molecule has 2 aliphatic rings. The zero-order valence-corrected chi connectivity index (χ0v) is 10.4. The van der Waals surface area contributed by atoms with Gasteiger partial charge in [0.2, 0.25) is 0 Å². The third kappa shape index (κ3) is 1.67. The van der Waals surface area contributed by atoms with E-state index in [0.717, 1.165) is 31.7 Å². The minimum atomic E-state index is -0.755. The lowest BCUT2D eigenvalue weighted by atomic mass is 10.1. The molecule has 0 radical (unpaired) electrons. The summed E-state index contributed by atoms with van der Waals surface area (Å²) in [6.07, 6.45) is 4.56. The summed E-state index contributed by atoms with van der Waals surface area (Å²) in [5.74, 6) is 0.378. The van der Waals surface area contributed by atoms with Crippen LogP contribution >= 0.6 is 0 Å². The van der Waals surface area contributed by atoms with Gasteiger partial charge in [-0.25, -0.2) is 9.97 Å². The molecule has 0 spiro atoms. The van der Waals surface area contributed by atoms with Gasteiger partial charge in [-0.05, 0) is 26.2 Å². The standard InChI is InChI=1S/C11H18N6O/c1-11(13)16-8-9(12)14-6-15-10(8)17(11)7-4-2-3-5-18-7/h6-7,16H,2-5,13H2,1H3,(H2,12,14,15). The number of hydrogen-bond donors (Lipinski definition) is 3. The van der Waals surface area contributed by atoms with Gasteiger partial charge in [0, 0.05) is 6.61 Å².